The smallest absolute Gasteiger partial charge is 0.0241 e. The molecule has 1 saturated carbocycles. The van der Waals surface area contributed by atoms with Crippen LogP contribution < -0.4 is 0 Å². The molecule has 0 bridgehead atoms. The van der Waals surface area contributed by atoms with Crippen molar-refractivity contribution in [1.82, 2.24) is 0 Å². The SMILES string of the molecule is CCCC[C]1CC1. The van der Waals surface area contributed by atoms with Gasteiger partial charge in [0.1, 0.15) is 0 Å². The molecule has 0 aliphatic heterocycles. The second-order valence-electron chi connectivity index (χ2n) is 2.35. The van der Waals surface area contributed by atoms with Gasteiger partial charge in [-0.05, 0) is 25.2 Å². The van der Waals surface area contributed by atoms with E-state index in [2.05, 4.69) is 6.92 Å². The quantitative estimate of drug-likeness (QED) is 0.507. The molecule has 1 fully saturated rings. The molecule has 1 aliphatic carbocycles. The lowest BCUT2D eigenvalue weighted by Crippen LogP contribution is -1.70. The van der Waals surface area contributed by atoms with Crippen molar-refractivity contribution in [1.29, 1.82) is 0 Å². The van der Waals surface area contributed by atoms with Crippen molar-refractivity contribution in [3.8, 4) is 0 Å². The fourth-order valence-electron chi connectivity index (χ4n) is 0.765. The number of unbranched alkanes of at least 4 members (excludes halogenated alkanes) is 1. The van der Waals surface area contributed by atoms with Gasteiger partial charge in [-0.3, -0.25) is 0 Å². The third kappa shape index (κ3) is 1.96. The van der Waals surface area contributed by atoms with E-state index in [9.17, 15) is 0 Å². The van der Waals surface area contributed by atoms with Gasteiger partial charge in [0.15, 0.2) is 0 Å². The van der Waals surface area contributed by atoms with Crippen LogP contribution in [0.1, 0.15) is 39.0 Å². The van der Waals surface area contributed by atoms with Crippen molar-refractivity contribution in [3.63, 3.8) is 0 Å². The summed E-state index contributed by atoms with van der Waals surface area (Å²) in [6.07, 6.45) is 7.11. The average molecular weight is 97.2 g/mol. The summed E-state index contributed by atoms with van der Waals surface area (Å²) in [4.78, 5) is 0. The summed E-state index contributed by atoms with van der Waals surface area (Å²) in [5.41, 5.74) is 0. The number of rotatable bonds is 3. The minimum atomic E-state index is 1.36. The topological polar surface area (TPSA) is 0 Å². The maximum atomic E-state index is 2.25. The van der Waals surface area contributed by atoms with Gasteiger partial charge in [0.05, 0.1) is 0 Å². The Morgan fingerprint density at radius 1 is 1.43 bits per heavy atom. The molecule has 1 rings (SSSR count). The Hall–Kier alpha value is 0. The van der Waals surface area contributed by atoms with Crippen LogP contribution in [0.15, 0.2) is 0 Å². The Morgan fingerprint density at radius 2 is 2.14 bits per heavy atom. The zero-order valence-corrected chi connectivity index (χ0v) is 5.04. The van der Waals surface area contributed by atoms with E-state index in [4.69, 9.17) is 0 Å². The van der Waals surface area contributed by atoms with Gasteiger partial charge in [-0.15, -0.1) is 0 Å². The maximum Gasteiger partial charge on any atom is -0.0241 e. The molecular weight excluding hydrogens is 84.1 g/mol. The molecule has 1 aliphatic rings. The largest absolute Gasteiger partial charge is 0.0654 e. The van der Waals surface area contributed by atoms with Crippen molar-refractivity contribution >= 4 is 0 Å². The summed E-state index contributed by atoms with van der Waals surface area (Å²) >= 11 is 0. The van der Waals surface area contributed by atoms with Crippen molar-refractivity contribution in [2.45, 2.75) is 39.0 Å². The molecule has 0 heterocycles. The lowest BCUT2D eigenvalue weighted by atomic mass is 10.2. The summed E-state index contributed by atoms with van der Waals surface area (Å²) in [5, 5.41) is 0. The zero-order chi connectivity index (χ0) is 5.11. The van der Waals surface area contributed by atoms with Crippen molar-refractivity contribution in [3.05, 3.63) is 5.92 Å². The monoisotopic (exact) mass is 97.1 g/mol. The minimum Gasteiger partial charge on any atom is -0.0654 e. The molecule has 1 radical (unpaired) electrons. The van der Waals surface area contributed by atoms with E-state index in [1.165, 1.54) is 32.1 Å². The molecular formula is C7H13. The van der Waals surface area contributed by atoms with E-state index >= 15 is 0 Å². The molecule has 0 aromatic rings. The highest BCUT2D eigenvalue weighted by Crippen LogP contribution is 2.36. The highest BCUT2D eigenvalue weighted by Gasteiger charge is 2.20. The molecule has 41 valence electrons. The van der Waals surface area contributed by atoms with Crippen molar-refractivity contribution < 1.29 is 0 Å². The molecule has 0 unspecified atom stereocenters. The summed E-state index contributed by atoms with van der Waals surface area (Å²) in [6.45, 7) is 2.25. The second kappa shape index (κ2) is 2.34. The second-order valence-corrected chi connectivity index (χ2v) is 2.35. The molecule has 0 heteroatoms. The van der Waals surface area contributed by atoms with E-state index in [0.29, 0.717) is 0 Å². The van der Waals surface area contributed by atoms with Crippen LogP contribution in [0.2, 0.25) is 0 Å². The third-order valence-corrected chi connectivity index (χ3v) is 1.49. The molecule has 0 aromatic carbocycles. The highest BCUT2D eigenvalue weighted by atomic mass is 14.2. The average Bonchev–Trinajstić information content (AvgIpc) is 2.42. The lowest BCUT2D eigenvalue weighted by molar-refractivity contribution is 0.772. The first kappa shape index (κ1) is 5.14. The standard InChI is InChI=1S/C7H13/c1-2-3-4-7-5-6-7/h2-6H2,1H3. The molecule has 0 amide bonds. The van der Waals surface area contributed by atoms with Crippen LogP contribution >= 0.6 is 0 Å². The Morgan fingerprint density at radius 3 is 2.57 bits per heavy atom. The molecule has 0 saturated heterocycles. The minimum absolute atomic E-state index is 1.36. The molecule has 0 N–H and O–H groups in total. The van der Waals surface area contributed by atoms with Gasteiger partial charge in [0, 0.05) is 0 Å². The van der Waals surface area contributed by atoms with Crippen LogP contribution in [-0.2, 0) is 0 Å². The fraction of sp³-hybridized carbons (Fsp3) is 0.857. The van der Waals surface area contributed by atoms with E-state index < -0.39 is 0 Å². The highest BCUT2D eigenvalue weighted by molar-refractivity contribution is 5.04. The zero-order valence-electron chi connectivity index (χ0n) is 5.04. The van der Waals surface area contributed by atoms with Gasteiger partial charge >= 0.3 is 0 Å². The van der Waals surface area contributed by atoms with Crippen LogP contribution in [-0.4, -0.2) is 0 Å². The van der Waals surface area contributed by atoms with E-state index in [1.54, 1.807) is 0 Å². The Labute approximate surface area is 45.9 Å². The third-order valence-electron chi connectivity index (χ3n) is 1.49. The summed E-state index contributed by atoms with van der Waals surface area (Å²) in [6, 6.07) is 0. The van der Waals surface area contributed by atoms with Gasteiger partial charge in [-0.1, -0.05) is 19.8 Å². The van der Waals surface area contributed by atoms with Crippen LogP contribution in [0.3, 0.4) is 0 Å². The van der Waals surface area contributed by atoms with E-state index in [-0.39, 0.29) is 0 Å². The van der Waals surface area contributed by atoms with Gasteiger partial charge in [-0.25, -0.2) is 0 Å². The predicted molar refractivity (Wildman–Crippen MR) is 32.0 cm³/mol. The van der Waals surface area contributed by atoms with Gasteiger partial charge < -0.3 is 0 Å². The predicted octanol–water partition coefficient (Wildman–Crippen LogP) is 2.54. The first-order valence-electron chi connectivity index (χ1n) is 3.27. The summed E-state index contributed by atoms with van der Waals surface area (Å²) in [5.74, 6) is 1.81. The van der Waals surface area contributed by atoms with Gasteiger partial charge in [-0.2, -0.15) is 0 Å². The molecule has 7 heavy (non-hydrogen) atoms. The van der Waals surface area contributed by atoms with E-state index in [1.807, 2.05) is 5.92 Å². The van der Waals surface area contributed by atoms with Gasteiger partial charge in [0.25, 0.3) is 0 Å². The van der Waals surface area contributed by atoms with Gasteiger partial charge in [0.2, 0.25) is 0 Å². The van der Waals surface area contributed by atoms with Crippen LogP contribution in [0.25, 0.3) is 0 Å². The Balaban J connectivity index is 1.80. The number of hydrogen-bond donors (Lipinski definition) is 0. The molecule has 0 aromatic heterocycles. The van der Waals surface area contributed by atoms with Crippen molar-refractivity contribution in [2.24, 2.45) is 0 Å². The lowest BCUT2D eigenvalue weighted by Gasteiger charge is -1.88. The van der Waals surface area contributed by atoms with E-state index in [0.717, 1.165) is 0 Å². The van der Waals surface area contributed by atoms with Crippen LogP contribution in [0.5, 0.6) is 0 Å². The molecule has 0 spiro atoms. The first-order chi connectivity index (χ1) is 3.43. The maximum absolute atomic E-state index is 2.25. The fourth-order valence-corrected chi connectivity index (χ4v) is 0.765. The molecule has 0 atom stereocenters. The Kier molecular flexibility index (Phi) is 1.72. The first-order valence-corrected chi connectivity index (χ1v) is 3.27. The summed E-state index contributed by atoms with van der Waals surface area (Å²) < 4.78 is 0. The Bertz CT molecular complexity index is 44.0. The number of hydrogen-bond acceptors (Lipinski definition) is 0. The molecule has 0 nitrogen and oxygen atoms in total. The van der Waals surface area contributed by atoms with Crippen LogP contribution in [0, 0.1) is 5.92 Å². The van der Waals surface area contributed by atoms with Crippen molar-refractivity contribution in [2.75, 3.05) is 0 Å². The van der Waals surface area contributed by atoms with Crippen LogP contribution in [0.4, 0.5) is 0 Å². The summed E-state index contributed by atoms with van der Waals surface area (Å²) in [7, 11) is 0. The normalized spacial score (nSPS) is 20.1.